The zero-order valence-corrected chi connectivity index (χ0v) is 19.4. The zero-order valence-electron chi connectivity index (χ0n) is 19.4. The molecule has 0 bridgehead atoms. The number of nitrogens with one attached hydrogen (secondary N) is 3. The van der Waals surface area contributed by atoms with Gasteiger partial charge in [0.05, 0.1) is 5.69 Å². The Bertz CT molecular complexity index is 1280. The van der Waals surface area contributed by atoms with E-state index in [9.17, 15) is 23.6 Å². The van der Waals surface area contributed by atoms with E-state index in [1.54, 1.807) is 35.9 Å². The Morgan fingerprint density at radius 2 is 1.86 bits per heavy atom. The minimum Gasteiger partial charge on any atom is -0.324 e. The van der Waals surface area contributed by atoms with Crippen LogP contribution in [0.3, 0.4) is 0 Å². The average molecular weight is 482 g/mol. The first-order valence-electron chi connectivity index (χ1n) is 10.8. The van der Waals surface area contributed by atoms with Crippen LogP contribution in [0.1, 0.15) is 41.8 Å². The zero-order chi connectivity index (χ0) is 25.6. The topological polar surface area (TPSA) is 116 Å². The number of aryl methyl sites for hydroxylation is 1. The maximum absolute atomic E-state index is 14.0. The van der Waals surface area contributed by atoms with Gasteiger partial charge < -0.3 is 10.6 Å². The van der Waals surface area contributed by atoms with Crippen LogP contribution in [0.15, 0.2) is 72.4 Å². The lowest BCUT2D eigenvalue weighted by Gasteiger charge is -2.16. The number of aromatic nitrogens is 2. The Hall–Kier alpha value is -4.18. The Balaban J connectivity index is 1.79. The Kier molecular flexibility index (Phi) is 7.87. The lowest BCUT2D eigenvalue weighted by atomic mass is 10.0. The molecule has 0 saturated carbocycles. The maximum atomic E-state index is 14.0. The van der Waals surface area contributed by atoms with Gasteiger partial charge in [0.15, 0.2) is 0 Å². The predicted octanol–water partition coefficient (Wildman–Crippen LogP) is 4.53. The number of hydrogen-bond donors (Lipinski definition) is 4. The van der Waals surface area contributed by atoms with Gasteiger partial charge >= 0.3 is 0 Å². The van der Waals surface area contributed by atoms with Crippen LogP contribution in [0.5, 0.6) is 0 Å². The third kappa shape index (κ3) is 6.04. The van der Waals surface area contributed by atoms with Crippen molar-refractivity contribution >= 4 is 17.5 Å². The standard InChI is InChI=1S/C25H25F2N5O3/c1-4-25(26,27)19-9-6-10-20(12-19)31-24(34)22(32-35)16(3)30-23(33)18-8-5-7-17(11-18)21-15(2)13-28-14-29-21/h5-14,32,35H,4H2,1-3H3,(H,30,33)(H,31,34)/b22-16-. The third-order valence-electron chi connectivity index (χ3n) is 5.30. The van der Waals surface area contributed by atoms with Gasteiger partial charge in [0.1, 0.15) is 12.0 Å². The number of hydrogen-bond acceptors (Lipinski definition) is 6. The SMILES string of the molecule is CCC(F)(F)c1cccc(NC(=O)/C(NO)=C(\C)NC(=O)c2cccc(-c3ncncc3C)c2)c1. The quantitative estimate of drug-likeness (QED) is 0.277. The van der Waals surface area contributed by atoms with E-state index in [0.717, 1.165) is 11.6 Å². The smallest absolute Gasteiger partial charge is 0.275 e. The monoisotopic (exact) mass is 481 g/mol. The fourth-order valence-corrected chi connectivity index (χ4v) is 3.34. The van der Waals surface area contributed by atoms with Crippen molar-refractivity contribution in [3.63, 3.8) is 0 Å². The fraction of sp³-hybridized carbons (Fsp3) is 0.200. The van der Waals surface area contributed by atoms with Gasteiger partial charge in [-0.3, -0.25) is 20.3 Å². The number of carbonyl (C=O) groups excluding carboxylic acids is 2. The van der Waals surface area contributed by atoms with Crippen molar-refractivity contribution in [2.75, 3.05) is 5.32 Å². The van der Waals surface area contributed by atoms with Crippen LogP contribution in [-0.4, -0.2) is 27.0 Å². The van der Waals surface area contributed by atoms with E-state index in [2.05, 4.69) is 20.6 Å². The molecule has 0 atom stereocenters. The number of amides is 2. The molecule has 35 heavy (non-hydrogen) atoms. The molecule has 4 N–H and O–H groups in total. The van der Waals surface area contributed by atoms with E-state index in [1.807, 2.05) is 6.92 Å². The summed E-state index contributed by atoms with van der Waals surface area (Å²) in [6.45, 7) is 4.63. The van der Waals surface area contributed by atoms with Crippen LogP contribution in [-0.2, 0) is 10.7 Å². The number of benzene rings is 2. The molecule has 8 nitrogen and oxygen atoms in total. The van der Waals surface area contributed by atoms with Gasteiger partial charge in [-0.1, -0.05) is 31.2 Å². The fourth-order valence-electron chi connectivity index (χ4n) is 3.34. The average Bonchev–Trinajstić information content (AvgIpc) is 2.85. The number of rotatable bonds is 8. The summed E-state index contributed by atoms with van der Waals surface area (Å²) in [6.07, 6.45) is 2.69. The molecule has 0 aliphatic carbocycles. The Morgan fingerprint density at radius 3 is 2.54 bits per heavy atom. The molecule has 3 rings (SSSR count). The van der Waals surface area contributed by atoms with Crippen molar-refractivity contribution < 1.29 is 23.6 Å². The van der Waals surface area contributed by atoms with Crippen LogP contribution in [0, 0.1) is 6.92 Å². The lowest BCUT2D eigenvalue weighted by molar-refractivity contribution is -0.114. The number of alkyl halides is 2. The molecule has 0 spiro atoms. The molecule has 0 aliphatic rings. The minimum absolute atomic E-state index is 0.0219. The summed E-state index contributed by atoms with van der Waals surface area (Å²) in [5.74, 6) is -4.40. The number of anilines is 1. The number of allylic oxidation sites excluding steroid dienone is 1. The van der Waals surface area contributed by atoms with Gasteiger partial charge in [-0.15, -0.1) is 0 Å². The highest BCUT2D eigenvalue weighted by molar-refractivity contribution is 6.04. The van der Waals surface area contributed by atoms with Crippen molar-refractivity contribution in [1.29, 1.82) is 0 Å². The van der Waals surface area contributed by atoms with Crippen molar-refractivity contribution in [3.8, 4) is 11.3 Å². The van der Waals surface area contributed by atoms with Crippen LogP contribution in [0.2, 0.25) is 0 Å². The second kappa shape index (κ2) is 10.8. The highest BCUT2D eigenvalue weighted by Crippen LogP contribution is 2.32. The summed E-state index contributed by atoms with van der Waals surface area (Å²) in [5.41, 5.74) is 3.82. The highest BCUT2D eigenvalue weighted by Gasteiger charge is 2.29. The van der Waals surface area contributed by atoms with Gasteiger partial charge in [0, 0.05) is 40.7 Å². The van der Waals surface area contributed by atoms with Gasteiger partial charge in [-0.2, -0.15) is 0 Å². The molecule has 2 aromatic carbocycles. The Morgan fingerprint density at radius 1 is 1.11 bits per heavy atom. The van der Waals surface area contributed by atoms with Gasteiger partial charge in [0.2, 0.25) is 0 Å². The number of halogens is 2. The second-order valence-corrected chi connectivity index (χ2v) is 7.79. The maximum Gasteiger partial charge on any atom is 0.275 e. The predicted molar refractivity (Wildman–Crippen MR) is 127 cm³/mol. The third-order valence-corrected chi connectivity index (χ3v) is 5.30. The Labute approximate surface area is 201 Å². The van der Waals surface area contributed by atoms with Gasteiger partial charge in [-0.25, -0.2) is 18.7 Å². The molecule has 0 saturated heterocycles. The molecular formula is C25H25F2N5O3. The first-order valence-corrected chi connectivity index (χ1v) is 10.8. The molecule has 0 aliphatic heterocycles. The molecule has 2 amide bonds. The highest BCUT2D eigenvalue weighted by atomic mass is 19.3. The summed E-state index contributed by atoms with van der Waals surface area (Å²) < 4.78 is 28.0. The summed E-state index contributed by atoms with van der Waals surface area (Å²) in [7, 11) is 0. The number of nitrogens with zero attached hydrogens (tertiary/aromatic N) is 2. The number of carbonyl (C=O) groups is 2. The molecule has 0 unspecified atom stereocenters. The molecule has 1 heterocycles. The molecular weight excluding hydrogens is 456 g/mol. The van der Waals surface area contributed by atoms with Crippen molar-refractivity contribution in [3.05, 3.63) is 89.1 Å². The van der Waals surface area contributed by atoms with Crippen LogP contribution in [0.25, 0.3) is 11.3 Å². The largest absolute Gasteiger partial charge is 0.324 e. The van der Waals surface area contributed by atoms with Crippen LogP contribution < -0.4 is 16.1 Å². The summed E-state index contributed by atoms with van der Waals surface area (Å²) in [5, 5.41) is 14.5. The van der Waals surface area contributed by atoms with E-state index >= 15 is 0 Å². The molecule has 182 valence electrons. The number of hydroxylamine groups is 1. The molecule has 1 aromatic heterocycles. The van der Waals surface area contributed by atoms with Crippen molar-refractivity contribution in [2.24, 2.45) is 0 Å². The van der Waals surface area contributed by atoms with E-state index in [0.29, 0.717) is 16.8 Å². The molecule has 0 fully saturated rings. The summed E-state index contributed by atoms with van der Waals surface area (Å²) in [4.78, 5) is 33.7. The minimum atomic E-state index is -3.04. The van der Waals surface area contributed by atoms with E-state index in [-0.39, 0.29) is 22.6 Å². The van der Waals surface area contributed by atoms with Gasteiger partial charge in [0.25, 0.3) is 17.7 Å². The van der Waals surface area contributed by atoms with Crippen molar-refractivity contribution in [2.45, 2.75) is 33.1 Å². The van der Waals surface area contributed by atoms with Crippen LogP contribution >= 0.6 is 0 Å². The lowest BCUT2D eigenvalue weighted by Crippen LogP contribution is -2.31. The molecule has 0 radical (unpaired) electrons. The van der Waals surface area contributed by atoms with Crippen LogP contribution in [0.4, 0.5) is 14.5 Å². The second-order valence-electron chi connectivity index (χ2n) is 7.79. The molecule has 3 aromatic rings. The van der Waals surface area contributed by atoms with E-state index < -0.39 is 24.2 Å². The molecule has 10 heteroatoms. The first kappa shape index (κ1) is 25.4. The summed E-state index contributed by atoms with van der Waals surface area (Å²) in [6, 6.07) is 12.0. The van der Waals surface area contributed by atoms with Crippen molar-refractivity contribution in [1.82, 2.24) is 20.8 Å². The van der Waals surface area contributed by atoms with Gasteiger partial charge in [-0.05, 0) is 43.7 Å². The van der Waals surface area contributed by atoms with E-state index in [4.69, 9.17) is 0 Å². The first-order chi connectivity index (χ1) is 16.7. The van der Waals surface area contributed by atoms with E-state index in [1.165, 1.54) is 38.4 Å². The normalized spacial score (nSPS) is 11.9. The summed E-state index contributed by atoms with van der Waals surface area (Å²) >= 11 is 0.